The van der Waals surface area contributed by atoms with Crippen molar-refractivity contribution in [2.45, 2.75) is 12.5 Å². The van der Waals surface area contributed by atoms with E-state index in [4.69, 9.17) is 16.7 Å². The van der Waals surface area contributed by atoms with Gasteiger partial charge >= 0.3 is 0 Å². The molecular weight excluding hydrogens is 544 g/mol. The van der Waals surface area contributed by atoms with Crippen molar-refractivity contribution in [3.63, 3.8) is 0 Å². The Labute approximate surface area is 228 Å². The Balaban J connectivity index is 1.56. The Kier molecular flexibility index (Phi) is 7.46. The molecular formula is C27H23ClN4O4S2. The summed E-state index contributed by atoms with van der Waals surface area (Å²) in [6.45, 7) is 0. The van der Waals surface area contributed by atoms with Crippen LogP contribution in [0, 0.1) is 0 Å². The summed E-state index contributed by atoms with van der Waals surface area (Å²) in [6, 6.07) is 19.5. The van der Waals surface area contributed by atoms with E-state index in [9.17, 15) is 18.0 Å². The van der Waals surface area contributed by atoms with E-state index in [2.05, 4.69) is 10.6 Å². The molecule has 0 saturated carbocycles. The summed E-state index contributed by atoms with van der Waals surface area (Å²) in [4.78, 5) is 26.7. The van der Waals surface area contributed by atoms with Crippen molar-refractivity contribution in [1.29, 1.82) is 0 Å². The maximum absolute atomic E-state index is 13.4. The molecule has 3 heterocycles. The van der Waals surface area contributed by atoms with Crippen LogP contribution in [-0.4, -0.2) is 47.6 Å². The van der Waals surface area contributed by atoms with Gasteiger partial charge in [0.1, 0.15) is 11.4 Å². The van der Waals surface area contributed by atoms with Crippen LogP contribution in [0.5, 0.6) is 0 Å². The van der Waals surface area contributed by atoms with E-state index >= 15 is 0 Å². The van der Waals surface area contributed by atoms with Gasteiger partial charge in [-0.2, -0.15) is 5.10 Å². The molecule has 11 heteroatoms. The first-order chi connectivity index (χ1) is 18.3. The molecule has 0 unspecified atom stereocenters. The molecule has 0 radical (unpaired) electrons. The maximum atomic E-state index is 13.4. The fraction of sp³-hybridized carbons (Fsp3) is 0.148. The van der Waals surface area contributed by atoms with Crippen LogP contribution in [0.25, 0.3) is 23.0 Å². The number of hydrogen-bond acceptors (Lipinski definition) is 6. The van der Waals surface area contributed by atoms with E-state index in [1.165, 1.54) is 11.3 Å². The maximum Gasteiger partial charge on any atom is 0.268 e. The summed E-state index contributed by atoms with van der Waals surface area (Å²) in [7, 11) is -3.20. The average molecular weight is 567 g/mol. The largest absolute Gasteiger partial charge is 0.347 e. The second-order valence-corrected chi connectivity index (χ2v) is 12.4. The van der Waals surface area contributed by atoms with Crippen molar-refractivity contribution < 1.29 is 18.0 Å². The molecule has 4 aromatic rings. The highest BCUT2D eigenvalue weighted by Crippen LogP contribution is 2.27. The smallest absolute Gasteiger partial charge is 0.268 e. The molecule has 2 aromatic heterocycles. The van der Waals surface area contributed by atoms with Crippen LogP contribution in [-0.2, 0) is 14.6 Å². The quantitative estimate of drug-likeness (QED) is 0.324. The fourth-order valence-electron chi connectivity index (χ4n) is 4.12. The van der Waals surface area contributed by atoms with E-state index in [1.54, 1.807) is 46.6 Å². The van der Waals surface area contributed by atoms with Crippen LogP contribution >= 0.6 is 22.9 Å². The molecule has 1 saturated heterocycles. The van der Waals surface area contributed by atoms with Gasteiger partial charge in [0.2, 0.25) is 0 Å². The summed E-state index contributed by atoms with van der Waals surface area (Å²) in [6.07, 6.45) is 3.65. The fourth-order valence-corrected chi connectivity index (χ4v) is 6.53. The number of para-hydroxylation sites is 1. The Hall–Kier alpha value is -3.73. The van der Waals surface area contributed by atoms with Crippen LogP contribution in [0.3, 0.4) is 0 Å². The predicted molar refractivity (Wildman–Crippen MR) is 149 cm³/mol. The van der Waals surface area contributed by atoms with Gasteiger partial charge in [-0.25, -0.2) is 13.1 Å². The zero-order valence-corrected chi connectivity index (χ0v) is 22.4. The highest BCUT2D eigenvalue weighted by atomic mass is 35.5. The van der Waals surface area contributed by atoms with E-state index in [1.807, 2.05) is 42.5 Å². The minimum absolute atomic E-state index is 0.0170. The minimum Gasteiger partial charge on any atom is -0.347 e. The van der Waals surface area contributed by atoms with Crippen molar-refractivity contribution in [3.05, 3.63) is 99.5 Å². The Morgan fingerprint density at radius 3 is 2.47 bits per heavy atom. The van der Waals surface area contributed by atoms with Gasteiger partial charge in [0, 0.05) is 28.4 Å². The lowest BCUT2D eigenvalue weighted by Gasteiger charge is -2.14. The van der Waals surface area contributed by atoms with Gasteiger partial charge in [-0.1, -0.05) is 48.0 Å². The van der Waals surface area contributed by atoms with E-state index in [-0.39, 0.29) is 17.2 Å². The van der Waals surface area contributed by atoms with Crippen LogP contribution in [0.4, 0.5) is 0 Å². The lowest BCUT2D eigenvalue weighted by molar-refractivity contribution is -0.118. The summed E-state index contributed by atoms with van der Waals surface area (Å²) in [5.74, 6) is -1.13. The Morgan fingerprint density at radius 2 is 1.82 bits per heavy atom. The first-order valence-corrected chi connectivity index (χ1v) is 14.8. The third-order valence-electron chi connectivity index (χ3n) is 5.99. The lowest BCUT2D eigenvalue weighted by Crippen LogP contribution is -2.40. The first-order valence-electron chi connectivity index (χ1n) is 11.8. The molecule has 5 rings (SSSR count). The molecule has 1 aliphatic heterocycles. The van der Waals surface area contributed by atoms with Gasteiger partial charge in [-0.15, -0.1) is 11.3 Å². The average Bonchev–Trinajstić information content (AvgIpc) is 3.65. The number of halogens is 1. The van der Waals surface area contributed by atoms with Crippen LogP contribution < -0.4 is 10.6 Å². The number of aromatic nitrogens is 2. The highest BCUT2D eigenvalue weighted by Gasteiger charge is 2.30. The SMILES string of the molecule is O=C(N[C@@H]1CCS(=O)(=O)C1)/C(=C/c1cn(-c2ccccc2)nc1-c1ccc(Cl)cc1)NC(=O)c1cccs1. The second kappa shape index (κ2) is 10.9. The number of thiophene rings is 1. The number of carbonyl (C=O) groups is 2. The monoisotopic (exact) mass is 566 g/mol. The first kappa shape index (κ1) is 25.9. The van der Waals surface area contributed by atoms with Gasteiger partial charge in [-0.05, 0) is 48.2 Å². The molecule has 2 amide bonds. The highest BCUT2D eigenvalue weighted by molar-refractivity contribution is 7.91. The summed E-state index contributed by atoms with van der Waals surface area (Å²) in [5.41, 5.74) is 2.71. The van der Waals surface area contributed by atoms with Gasteiger partial charge in [0.15, 0.2) is 9.84 Å². The standard InChI is InChI=1S/C27H23ClN4O4S2/c28-20-10-8-18(9-11-20)25-19(16-32(31-25)22-5-2-1-3-6-22)15-23(30-27(34)24-7-4-13-37-24)26(33)29-21-12-14-38(35,36)17-21/h1-11,13,15-16,21H,12,14,17H2,(H,29,33)(H,30,34)/b23-15-/t21-/m1/s1. The Bertz CT molecular complexity index is 1600. The van der Waals surface area contributed by atoms with Crippen LogP contribution in [0.15, 0.2) is 84.0 Å². The molecule has 8 nitrogen and oxygen atoms in total. The van der Waals surface area contributed by atoms with Crippen molar-refractivity contribution in [1.82, 2.24) is 20.4 Å². The predicted octanol–water partition coefficient (Wildman–Crippen LogP) is 4.33. The molecule has 2 N–H and O–H groups in total. The summed E-state index contributed by atoms with van der Waals surface area (Å²) < 4.78 is 25.5. The van der Waals surface area contributed by atoms with E-state index in [0.717, 1.165) is 11.3 Å². The van der Waals surface area contributed by atoms with Crippen molar-refractivity contribution >= 4 is 50.7 Å². The molecule has 194 valence electrons. The van der Waals surface area contributed by atoms with Crippen molar-refractivity contribution in [3.8, 4) is 16.9 Å². The van der Waals surface area contributed by atoms with E-state index in [0.29, 0.717) is 27.6 Å². The van der Waals surface area contributed by atoms with Crippen molar-refractivity contribution in [2.24, 2.45) is 0 Å². The summed E-state index contributed by atoms with van der Waals surface area (Å²) in [5, 5.41) is 12.6. The Morgan fingerprint density at radius 1 is 1.05 bits per heavy atom. The van der Waals surface area contributed by atoms with Crippen molar-refractivity contribution in [2.75, 3.05) is 11.5 Å². The number of carbonyl (C=O) groups excluding carboxylic acids is 2. The molecule has 1 fully saturated rings. The molecule has 38 heavy (non-hydrogen) atoms. The van der Waals surface area contributed by atoms with Gasteiger partial charge < -0.3 is 10.6 Å². The van der Waals surface area contributed by atoms with Gasteiger partial charge in [0.25, 0.3) is 11.8 Å². The van der Waals surface area contributed by atoms with Gasteiger partial charge in [0.05, 0.1) is 22.1 Å². The van der Waals surface area contributed by atoms with Gasteiger partial charge in [-0.3, -0.25) is 9.59 Å². The normalized spacial score (nSPS) is 16.8. The molecule has 0 aliphatic carbocycles. The topological polar surface area (TPSA) is 110 Å². The third kappa shape index (κ3) is 6.04. The number of hydrogen-bond donors (Lipinski definition) is 2. The number of benzene rings is 2. The number of amides is 2. The zero-order chi connectivity index (χ0) is 26.7. The summed E-state index contributed by atoms with van der Waals surface area (Å²) >= 11 is 7.34. The minimum atomic E-state index is -3.20. The lowest BCUT2D eigenvalue weighted by atomic mass is 10.1. The molecule has 2 aromatic carbocycles. The third-order valence-corrected chi connectivity index (χ3v) is 8.87. The number of rotatable bonds is 7. The molecule has 1 aliphatic rings. The van der Waals surface area contributed by atoms with Crippen LogP contribution in [0.1, 0.15) is 21.7 Å². The number of nitrogens with one attached hydrogen (secondary N) is 2. The van der Waals surface area contributed by atoms with E-state index < -0.39 is 27.7 Å². The number of sulfone groups is 1. The van der Waals surface area contributed by atoms with Crippen LogP contribution in [0.2, 0.25) is 5.02 Å². The second-order valence-electron chi connectivity index (χ2n) is 8.78. The zero-order valence-electron chi connectivity index (χ0n) is 20.0. The molecule has 1 atom stereocenters. The molecule has 0 bridgehead atoms. The molecule has 0 spiro atoms. The number of nitrogens with zero attached hydrogens (tertiary/aromatic N) is 2.